The van der Waals surface area contributed by atoms with Gasteiger partial charge in [0.1, 0.15) is 17.6 Å². The minimum absolute atomic E-state index is 0.0755. The van der Waals surface area contributed by atoms with Crippen LogP contribution in [-0.4, -0.2) is 51.6 Å². The standard InChI is InChI=1S/C26H30F2N2O2S/c1-16-5-2-6-17(13-16)20-8-3-7-18(23(20)28)14-22-24(29-33-19-9-10-19)21(27)15-30(22)25(31)26(32)11-4-12-26/h2-3,5-8,13,19,21-22,24,29,32H,4,9-12,14-15H2,1H3/t21-,22-,24-/m0/s1. The molecule has 2 aromatic rings. The van der Waals surface area contributed by atoms with Crippen molar-refractivity contribution < 1.29 is 18.7 Å². The second-order valence-corrected chi connectivity index (χ2v) is 10.9. The molecule has 5 rings (SSSR count). The first-order valence-corrected chi connectivity index (χ1v) is 12.7. The molecule has 1 aliphatic heterocycles. The molecule has 0 radical (unpaired) electrons. The first-order chi connectivity index (χ1) is 15.9. The quantitative estimate of drug-likeness (QED) is 0.580. The monoisotopic (exact) mass is 472 g/mol. The van der Waals surface area contributed by atoms with Gasteiger partial charge in [-0.2, -0.15) is 0 Å². The Labute approximate surface area is 197 Å². The van der Waals surface area contributed by atoms with Crippen molar-refractivity contribution in [2.45, 2.75) is 74.6 Å². The number of hydrogen-bond donors (Lipinski definition) is 2. The van der Waals surface area contributed by atoms with Crippen LogP contribution in [0.3, 0.4) is 0 Å². The van der Waals surface area contributed by atoms with E-state index in [4.69, 9.17) is 0 Å². The first-order valence-electron chi connectivity index (χ1n) is 11.8. The highest BCUT2D eigenvalue weighted by Crippen LogP contribution is 2.39. The number of nitrogens with zero attached hydrogens (tertiary/aromatic N) is 1. The summed E-state index contributed by atoms with van der Waals surface area (Å²) in [4.78, 5) is 14.6. The van der Waals surface area contributed by atoms with Gasteiger partial charge in [-0.1, -0.05) is 60.0 Å². The number of benzene rings is 2. The van der Waals surface area contributed by atoms with Gasteiger partial charge in [0.2, 0.25) is 0 Å². The molecule has 1 saturated heterocycles. The van der Waals surface area contributed by atoms with Crippen molar-refractivity contribution in [2.24, 2.45) is 0 Å². The molecule has 2 saturated carbocycles. The second-order valence-electron chi connectivity index (χ2n) is 9.74. The number of aliphatic hydroxyl groups is 1. The van der Waals surface area contributed by atoms with E-state index in [1.54, 1.807) is 12.1 Å². The minimum Gasteiger partial charge on any atom is -0.380 e. The third-order valence-electron chi connectivity index (χ3n) is 7.15. The molecule has 4 nitrogen and oxygen atoms in total. The normalized spacial score (nSPS) is 26.3. The van der Waals surface area contributed by atoms with E-state index in [1.165, 1.54) is 16.8 Å². The Morgan fingerprint density at radius 1 is 1.24 bits per heavy atom. The molecular formula is C26H30F2N2O2S. The number of amides is 1. The zero-order valence-electron chi connectivity index (χ0n) is 18.8. The molecule has 2 aliphatic carbocycles. The number of aryl methyl sites for hydroxylation is 1. The zero-order chi connectivity index (χ0) is 23.2. The van der Waals surface area contributed by atoms with E-state index in [-0.39, 0.29) is 18.8 Å². The Kier molecular flexibility index (Phi) is 6.23. The van der Waals surface area contributed by atoms with Gasteiger partial charge in [0, 0.05) is 10.8 Å². The molecule has 0 bridgehead atoms. The fourth-order valence-electron chi connectivity index (χ4n) is 4.85. The van der Waals surface area contributed by atoms with Gasteiger partial charge >= 0.3 is 0 Å². The molecule has 176 valence electrons. The van der Waals surface area contributed by atoms with E-state index in [0.29, 0.717) is 29.2 Å². The van der Waals surface area contributed by atoms with Crippen LogP contribution in [0.2, 0.25) is 0 Å². The van der Waals surface area contributed by atoms with Gasteiger partial charge in [0.15, 0.2) is 0 Å². The highest BCUT2D eigenvalue weighted by Gasteiger charge is 2.52. The Balaban J connectivity index is 1.44. The molecule has 0 spiro atoms. The molecule has 3 aliphatic rings. The fourth-order valence-corrected chi connectivity index (χ4v) is 5.87. The summed E-state index contributed by atoms with van der Waals surface area (Å²) in [7, 11) is 0. The highest BCUT2D eigenvalue weighted by molar-refractivity contribution is 7.98. The van der Waals surface area contributed by atoms with Crippen molar-refractivity contribution in [1.82, 2.24) is 9.62 Å². The maximum atomic E-state index is 15.7. The van der Waals surface area contributed by atoms with E-state index < -0.39 is 29.8 Å². The van der Waals surface area contributed by atoms with Crippen molar-refractivity contribution in [1.29, 1.82) is 0 Å². The number of nitrogens with one attached hydrogen (secondary N) is 1. The van der Waals surface area contributed by atoms with Crippen molar-refractivity contribution in [3.05, 3.63) is 59.4 Å². The van der Waals surface area contributed by atoms with Crippen molar-refractivity contribution in [3.8, 4) is 11.1 Å². The molecule has 3 fully saturated rings. The average molecular weight is 473 g/mol. The molecule has 2 N–H and O–H groups in total. The lowest BCUT2D eigenvalue weighted by Gasteiger charge is -2.40. The third kappa shape index (κ3) is 4.55. The predicted molar refractivity (Wildman–Crippen MR) is 127 cm³/mol. The fraction of sp³-hybridized carbons (Fsp3) is 0.500. The summed E-state index contributed by atoms with van der Waals surface area (Å²) < 4.78 is 34.1. The summed E-state index contributed by atoms with van der Waals surface area (Å²) in [5, 5.41) is 11.2. The number of carbonyl (C=O) groups is 1. The van der Waals surface area contributed by atoms with Crippen molar-refractivity contribution >= 4 is 17.9 Å². The van der Waals surface area contributed by atoms with Crippen LogP contribution in [-0.2, 0) is 11.2 Å². The lowest BCUT2D eigenvalue weighted by Crippen LogP contribution is -2.56. The predicted octanol–water partition coefficient (Wildman–Crippen LogP) is 4.58. The molecule has 33 heavy (non-hydrogen) atoms. The number of rotatable bonds is 7. The lowest BCUT2D eigenvalue weighted by molar-refractivity contribution is -0.161. The second kappa shape index (κ2) is 9.01. The van der Waals surface area contributed by atoms with E-state index in [9.17, 15) is 9.90 Å². The molecule has 7 heteroatoms. The van der Waals surface area contributed by atoms with E-state index in [0.717, 1.165) is 30.4 Å². The summed E-state index contributed by atoms with van der Waals surface area (Å²) in [6, 6.07) is 11.8. The van der Waals surface area contributed by atoms with E-state index in [1.807, 2.05) is 37.3 Å². The molecular weight excluding hydrogens is 442 g/mol. The van der Waals surface area contributed by atoms with Gasteiger partial charge in [-0.3, -0.25) is 9.52 Å². The Hall–Kier alpha value is -1.96. The number of alkyl halides is 1. The van der Waals surface area contributed by atoms with Crippen LogP contribution in [0.4, 0.5) is 8.78 Å². The molecule has 3 atom stereocenters. The number of halogens is 2. The molecule has 1 heterocycles. The summed E-state index contributed by atoms with van der Waals surface area (Å²) in [6.45, 7) is 1.89. The van der Waals surface area contributed by atoms with Crippen LogP contribution in [0.1, 0.15) is 43.2 Å². The summed E-state index contributed by atoms with van der Waals surface area (Å²) in [6.07, 6.45) is 2.71. The van der Waals surface area contributed by atoms with E-state index in [2.05, 4.69) is 4.72 Å². The van der Waals surface area contributed by atoms with Gasteiger partial charge in [-0.15, -0.1) is 0 Å². The van der Waals surface area contributed by atoms with Gasteiger partial charge in [-0.05, 0) is 56.6 Å². The third-order valence-corrected chi connectivity index (χ3v) is 8.36. The van der Waals surface area contributed by atoms with Gasteiger partial charge < -0.3 is 10.0 Å². The summed E-state index contributed by atoms with van der Waals surface area (Å²) >= 11 is 1.52. The number of carbonyl (C=O) groups excluding carboxylic acids is 1. The van der Waals surface area contributed by atoms with Crippen LogP contribution < -0.4 is 4.72 Å². The molecule has 1 amide bonds. The Bertz CT molecular complexity index is 1040. The van der Waals surface area contributed by atoms with E-state index >= 15 is 8.78 Å². The number of hydrogen-bond acceptors (Lipinski definition) is 4. The van der Waals surface area contributed by atoms with Crippen LogP contribution in [0.15, 0.2) is 42.5 Å². The van der Waals surface area contributed by atoms with Gasteiger partial charge in [-0.25, -0.2) is 8.78 Å². The summed E-state index contributed by atoms with van der Waals surface area (Å²) in [5.41, 5.74) is 1.38. The van der Waals surface area contributed by atoms with Crippen molar-refractivity contribution in [2.75, 3.05) is 6.54 Å². The first kappa shape index (κ1) is 22.8. The van der Waals surface area contributed by atoms with Gasteiger partial charge in [0.25, 0.3) is 5.91 Å². The molecule has 2 aromatic carbocycles. The maximum absolute atomic E-state index is 15.7. The van der Waals surface area contributed by atoms with Crippen LogP contribution in [0, 0.1) is 12.7 Å². The number of likely N-dealkylation sites (tertiary alicyclic amines) is 1. The SMILES string of the molecule is Cc1cccc(-c2cccc(C[C@H]3[C@@H](NSC4CC4)[C@@H](F)CN3C(=O)C3(O)CCC3)c2F)c1. The van der Waals surface area contributed by atoms with Gasteiger partial charge in [0.05, 0.1) is 18.6 Å². The lowest BCUT2D eigenvalue weighted by atomic mass is 9.79. The van der Waals surface area contributed by atoms with Crippen LogP contribution >= 0.6 is 11.9 Å². The Morgan fingerprint density at radius 3 is 2.67 bits per heavy atom. The molecule has 0 unspecified atom stereocenters. The minimum atomic E-state index is -1.40. The van der Waals surface area contributed by atoms with Crippen molar-refractivity contribution in [3.63, 3.8) is 0 Å². The highest BCUT2D eigenvalue weighted by atomic mass is 32.2. The topological polar surface area (TPSA) is 52.6 Å². The van der Waals surface area contributed by atoms with Crippen LogP contribution in [0.25, 0.3) is 11.1 Å². The Morgan fingerprint density at radius 2 is 2.00 bits per heavy atom. The average Bonchev–Trinajstić information content (AvgIpc) is 3.55. The smallest absolute Gasteiger partial charge is 0.254 e. The van der Waals surface area contributed by atoms with Crippen LogP contribution in [0.5, 0.6) is 0 Å². The summed E-state index contributed by atoms with van der Waals surface area (Å²) in [5.74, 6) is -0.758. The maximum Gasteiger partial charge on any atom is 0.254 e. The zero-order valence-corrected chi connectivity index (χ0v) is 19.6. The largest absolute Gasteiger partial charge is 0.380 e. The molecule has 0 aromatic heterocycles.